The third-order valence-corrected chi connectivity index (χ3v) is 4.27. The minimum Gasteiger partial charge on any atom is -0.508 e. The molecule has 1 fully saturated rings. The van der Waals surface area contributed by atoms with E-state index in [-0.39, 0.29) is 11.7 Å². The molecule has 5 heteroatoms. The number of hydrogen-bond acceptors (Lipinski definition) is 4. The molecule has 1 aromatic carbocycles. The summed E-state index contributed by atoms with van der Waals surface area (Å²) in [5, 5.41) is 9.27. The van der Waals surface area contributed by atoms with Gasteiger partial charge in [-0.1, -0.05) is 19.1 Å². The highest BCUT2D eigenvalue weighted by atomic mass is 16.3. The molecule has 2 rings (SSSR count). The van der Waals surface area contributed by atoms with Crippen molar-refractivity contribution in [2.45, 2.75) is 31.8 Å². The fourth-order valence-electron chi connectivity index (χ4n) is 2.79. The Morgan fingerprint density at radius 2 is 2.05 bits per heavy atom. The number of rotatable bonds is 4. The number of benzene rings is 1. The van der Waals surface area contributed by atoms with Gasteiger partial charge in [0.2, 0.25) is 5.91 Å². The number of phenolic OH excluding ortho intramolecular Hbond substituents is 1. The number of amides is 1. The summed E-state index contributed by atoms with van der Waals surface area (Å²) < 4.78 is 0. The summed E-state index contributed by atoms with van der Waals surface area (Å²) in [5.74, 6) is 0.248. The first kappa shape index (κ1) is 15.8. The van der Waals surface area contributed by atoms with Crippen LogP contribution in [0.25, 0.3) is 0 Å². The van der Waals surface area contributed by atoms with Gasteiger partial charge in [-0.05, 0) is 37.6 Å². The summed E-state index contributed by atoms with van der Waals surface area (Å²) in [5.41, 5.74) is 7.04. The van der Waals surface area contributed by atoms with Crippen LogP contribution >= 0.6 is 0 Å². The second kappa shape index (κ2) is 6.91. The number of nitrogens with zero attached hydrogens (tertiary/aromatic N) is 2. The molecule has 5 nitrogen and oxygen atoms in total. The highest BCUT2D eigenvalue weighted by Crippen LogP contribution is 2.14. The van der Waals surface area contributed by atoms with Crippen molar-refractivity contribution < 1.29 is 9.90 Å². The van der Waals surface area contributed by atoms with Gasteiger partial charge in [0.05, 0.1) is 6.04 Å². The monoisotopic (exact) mass is 291 g/mol. The summed E-state index contributed by atoms with van der Waals surface area (Å²) in [7, 11) is 2.10. The van der Waals surface area contributed by atoms with E-state index in [9.17, 15) is 9.90 Å². The Labute approximate surface area is 126 Å². The lowest BCUT2D eigenvalue weighted by Crippen LogP contribution is -2.56. The van der Waals surface area contributed by atoms with Gasteiger partial charge in [-0.25, -0.2) is 0 Å². The number of aromatic hydroxyl groups is 1. The highest BCUT2D eigenvalue weighted by molar-refractivity contribution is 5.82. The Morgan fingerprint density at radius 1 is 1.38 bits per heavy atom. The maximum Gasteiger partial charge on any atom is 0.239 e. The molecule has 1 amide bonds. The maximum atomic E-state index is 12.5. The molecule has 2 atom stereocenters. The van der Waals surface area contributed by atoms with Crippen LogP contribution in [0.5, 0.6) is 5.75 Å². The van der Waals surface area contributed by atoms with Crippen LogP contribution in [0.15, 0.2) is 24.3 Å². The average molecular weight is 291 g/mol. The number of nitrogens with two attached hydrogens (primary N) is 1. The zero-order chi connectivity index (χ0) is 15.4. The van der Waals surface area contributed by atoms with Gasteiger partial charge in [-0.2, -0.15) is 0 Å². The van der Waals surface area contributed by atoms with E-state index in [1.165, 1.54) is 0 Å². The van der Waals surface area contributed by atoms with Crippen LogP contribution in [0, 0.1) is 0 Å². The predicted molar refractivity (Wildman–Crippen MR) is 83.1 cm³/mol. The van der Waals surface area contributed by atoms with Gasteiger partial charge in [0.1, 0.15) is 5.75 Å². The van der Waals surface area contributed by atoms with Crippen molar-refractivity contribution in [2.75, 3.05) is 26.7 Å². The van der Waals surface area contributed by atoms with Gasteiger partial charge in [0.25, 0.3) is 0 Å². The second-order valence-corrected chi connectivity index (χ2v) is 5.80. The summed E-state index contributed by atoms with van der Waals surface area (Å²) >= 11 is 0. The van der Waals surface area contributed by atoms with E-state index < -0.39 is 6.04 Å². The predicted octanol–water partition coefficient (Wildman–Crippen LogP) is 0.815. The van der Waals surface area contributed by atoms with Crippen molar-refractivity contribution in [1.82, 2.24) is 9.80 Å². The first-order chi connectivity index (χ1) is 10.0. The number of carbonyl (C=O) groups excluding carboxylic acids is 1. The van der Waals surface area contributed by atoms with E-state index in [2.05, 4.69) is 18.9 Å². The first-order valence-corrected chi connectivity index (χ1v) is 7.53. The molecule has 0 saturated carbocycles. The number of likely N-dealkylation sites (N-methyl/N-ethyl adjacent to an activating group) is 1. The number of piperazine rings is 1. The fraction of sp³-hybridized carbons (Fsp3) is 0.562. The zero-order valence-corrected chi connectivity index (χ0v) is 12.8. The van der Waals surface area contributed by atoms with E-state index >= 15 is 0 Å². The minimum absolute atomic E-state index is 0.0228. The van der Waals surface area contributed by atoms with Crippen LogP contribution in [-0.2, 0) is 11.2 Å². The molecule has 0 aliphatic carbocycles. The molecule has 21 heavy (non-hydrogen) atoms. The van der Waals surface area contributed by atoms with E-state index in [0.29, 0.717) is 12.5 Å². The van der Waals surface area contributed by atoms with Gasteiger partial charge in [-0.3, -0.25) is 9.69 Å². The van der Waals surface area contributed by atoms with E-state index in [1.54, 1.807) is 24.3 Å². The molecular formula is C16H25N3O2. The van der Waals surface area contributed by atoms with Crippen molar-refractivity contribution >= 4 is 5.91 Å². The SMILES string of the molecule is CCC1CN(C(=O)[C@H](N)Cc2ccc(O)cc2)CCN1C. The number of carbonyl (C=O) groups is 1. The maximum absolute atomic E-state index is 12.5. The number of hydrogen-bond donors (Lipinski definition) is 2. The second-order valence-electron chi connectivity index (χ2n) is 5.80. The lowest BCUT2D eigenvalue weighted by atomic mass is 10.0. The van der Waals surface area contributed by atoms with Gasteiger partial charge >= 0.3 is 0 Å². The Kier molecular flexibility index (Phi) is 5.20. The van der Waals surface area contributed by atoms with Crippen molar-refractivity contribution in [1.29, 1.82) is 0 Å². The van der Waals surface area contributed by atoms with E-state index in [1.807, 2.05) is 4.90 Å². The standard InChI is InChI=1S/C16H25N3O2/c1-3-13-11-19(9-8-18(13)2)16(21)15(17)10-12-4-6-14(20)7-5-12/h4-7,13,15,20H,3,8-11,17H2,1-2H3/t13?,15-/m1/s1. The Hall–Kier alpha value is -1.59. The molecule has 1 aromatic rings. The van der Waals surface area contributed by atoms with Crippen molar-refractivity contribution in [2.24, 2.45) is 5.73 Å². The van der Waals surface area contributed by atoms with Gasteiger partial charge < -0.3 is 15.7 Å². The molecule has 0 radical (unpaired) electrons. The first-order valence-electron chi connectivity index (χ1n) is 7.53. The van der Waals surface area contributed by atoms with Crippen LogP contribution in [0.3, 0.4) is 0 Å². The molecule has 0 bridgehead atoms. The zero-order valence-electron chi connectivity index (χ0n) is 12.8. The molecule has 0 aromatic heterocycles. The van der Waals surface area contributed by atoms with Gasteiger partial charge in [-0.15, -0.1) is 0 Å². The molecule has 116 valence electrons. The topological polar surface area (TPSA) is 69.8 Å². The Bertz CT molecular complexity index is 475. The molecule has 1 heterocycles. The quantitative estimate of drug-likeness (QED) is 0.861. The molecule has 1 aliphatic heterocycles. The summed E-state index contributed by atoms with van der Waals surface area (Å²) in [6, 6.07) is 6.76. The van der Waals surface area contributed by atoms with E-state index in [4.69, 9.17) is 5.73 Å². The summed E-state index contributed by atoms with van der Waals surface area (Å²) in [6.07, 6.45) is 1.54. The lowest BCUT2D eigenvalue weighted by molar-refractivity contribution is -0.135. The minimum atomic E-state index is -0.518. The van der Waals surface area contributed by atoms with Crippen LogP contribution in [0.1, 0.15) is 18.9 Å². The lowest BCUT2D eigenvalue weighted by Gasteiger charge is -2.40. The van der Waals surface area contributed by atoms with E-state index in [0.717, 1.165) is 31.6 Å². The van der Waals surface area contributed by atoms with Gasteiger partial charge in [0.15, 0.2) is 0 Å². The third-order valence-electron chi connectivity index (χ3n) is 4.27. The van der Waals surface area contributed by atoms with Crippen LogP contribution in [0.2, 0.25) is 0 Å². The summed E-state index contributed by atoms with van der Waals surface area (Å²) in [6.45, 7) is 4.55. The molecule has 0 spiro atoms. The Morgan fingerprint density at radius 3 is 2.67 bits per heavy atom. The molecule has 3 N–H and O–H groups in total. The number of phenols is 1. The molecular weight excluding hydrogens is 266 g/mol. The van der Waals surface area contributed by atoms with Crippen molar-refractivity contribution in [3.8, 4) is 5.75 Å². The van der Waals surface area contributed by atoms with Crippen molar-refractivity contribution in [3.63, 3.8) is 0 Å². The molecule has 1 aliphatic rings. The normalized spacial score (nSPS) is 21.3. The average Bonchev–Trinajstić information content (AvgIpc) is 2.49. The van der Waals surface area contributed by atoms with Crippen LogP contribution in [-0.4, -0.2) is 59.6 Å². The molecule has 1 saturated heterocycles. The third kappa shape index (κ3) is 3.95. The summed E-state index contributed by atoms with van der Waals surface area (Å²) in [4.78, 5) is 16.7. The highest BCUT2D eigenvalue weighted by Gasteiger charge is 2.28. The smallest absolute Gasteiger partial charge is 0.239 e. The fourth-order valence-corrected chi connectivity index (χ4v) is 2.79. The molecule has 1 unspecified atom stereocenters. The van der Waals surface area contributed by atoms with Gasteiger partial charge in [0, 0.05) is 25.7 Å². The Balaban J connectivity index is 1.94. The van der Waals surface area contributed by atoms with Crippen LogP contribution in [0.4, 0.5) is 0 Å². The largest absolute Gasteiger partial charge is 0.508 e. The van der Waals surface area contributed by atoms with Crippen LogP contribution < -0.4 is 5.73 Å². The van der Waals surface area contributed by atoms with Crippen molar-refractivity contribution in [3.05, 3.63) is 29.8 Å².